The highest BCUT2D eigenvalue weighted by Gasteiger charge is 2.36. The Kier molecular flexibility index (Phi) is 4.39. The first-order chi connectivity index (χ1) is 9.54. The standard InChI is InChI=1S/C12H15ClN4O2S/c1-3-12(4-2,11(18)19)7-17-10(14-15-16-17)9-8(13)5-6-20-9/h5-6H,3-4,7H2,1-2H3,(H,18,19). The average Bonchev–Trinajstić information content (AvgIpc) is 3.04. The molecule has 1 N–H and O–H groups in total. The Labute approximate surface area is 125 Å². The molecule has 0 saturated carbocycles. The molecular weight excluding hydrogens is 300 g/mol. The van der Waals surface area contributed by atoms with Crippen LogP contribution in [0.15, 0.2) is 11.4 Å². The molecule has 0 saturated heterocycles. The summed E-state index contributed by atoms with van der Waals surface area (Å²) in [6.45, 7) is 3.95. The summed E-state index contributed by atoms with van der Waals surface area (Å²) in [5.74, 6) is -0.321. The van der Waals surface area contributed by atoms with Crippen molar-refractivity contribution in [1.29, 1.82) is 0 Å². The zero-order valence-electron chi connectivity index (χ0n) is 11.2. The molecule has 0 aromatic carbocycles. The predicted molar refractivity (Wildman–Crippen MR) is 76.8 cm³/mol. The molecule has 2 rings (SSSR count). The summed E-state index contributed by atoms with van der Waals surface area (Å²) < 4.78 is 1.53. The zero-order chi connectivity index (χ0) is 14.8. The van der Waals surface area contributed by atoms with Crippen LogP contribution in [-0.4, -0.2) is 31.3 Å². The smallest absolute Gasteiger partial charge is 0.311 e. The summed E-state index contributed by atoms with van der Waals surface area (Å²) in [6, 6.07) is 1.77. The topological polar surface area (TPSA) is 80.9 Å². The molecule has 0 radical (unpaired) electrons. The van der Waals surface area contributed by atoms with Gasteiger partial charge in [0, 0.05) is 0 Å². The van der Waals surface area contributed by atoms with Gasteiger partial charge in [0.1, 0.15) is 0 Å². The molecular formula is C12H15ClN4O2S. The van der Waals surface area contributed by atoms with E-state index in [-0.39, 0.29) is 6.54 Å². The van der Waals surface area contributed by atoms with Crippen molar-refractivity contribution in [2.75, 3.05) is 0 Å². The molecule has 8 heteroatoms. The second-order valence-corrected chi connectivity index (χ2v) is 5.87. The quantitative estimate of drug-likeness (QED) is 0.886. The van der Waals surface area contributed by atoms with Crippen LogP contribution in [0.1, 0.15) is 26.7 Å². The van der Waals surface area contributed by atoms with Gasteiger partial charge in [-0.05, 0) is 34.7 Å². The zero-order valence-corrected chi connectivity index (χ0v) is 12.8. The Hall–Kier alpha value is -1.47. The number of aliphatic carboxylic acids is 1. The number of hydrogen-bond donors (Lipinski definition) is 1. The highest BCUT2D eigenvalue weighted by molar-refractivity contribution is 7.14. The van der Waals surface area contributed by atoms with Gasteiger partial charge in [-0.1, -0.05) is 25.4 Å². The van der Waals surface area contributed by atoms with Crippen molar-refractivity contribution in [3.63, 3.8) is 0 Å². The van der Waals surface area contributed by atoms with Gasteiger partial charge in [0.15, 0.2) is 5.82 Å². The first kappa shape index (κ1) is 14.9. The highest BCUT2D eigenvalue weighted by Crippen LogP contribution is 2.34. The van der Waals surface area contributed by atoms with E-state index in [1.54, 1.807) is 6.07 Å². The average molecular weight is 315 g/mol. The number of aromatic nitrogens is 4. The lowest BCUT2D eigenvalue weighted by Gasteiger charge is -2.26. The molecule has 20 heavy (non-hydrogen) atoms. The van der Waals surface area contributed by atoms with Gasteiger partial charge in [-0.2, -0.15) is 0 Å². The fourth-order valence-corrected chi connectivity index (χ4v) is 3.19. The number of tetrazole rings is 1. The van der Waals surface area contributed by atoms with E-state index < -0.39 is 11.4 Å². The minimum Gasteiger partial charge on any atom is -0.481 e. The number of hydrogen-bond acceptors (Lipinski definition) is 5. The number of rotatable bonds is 6. The van der Waals surface area contributed by atoms with E-state index in [1.807, 2.05) is 19.2 Å². The van der Waals surface area contributed by atoms with Crippen LogP contribution in [0.5, 0.6) is 0 Å². The SMILES string of the molecule is CCC(CC)(Cn1nnnc1-c1sccc1Cl)C(=O)O. The molecule has 2 heterocycles. The van der Waals surface area contributed by atoms with Crippen molar-refractivity contribution >= 4 is 28.9 Å². The van der Waals surface area contributed by atoms with Gasteiger partial charge in [-0.3, -0.25) is 4.79 Å². The van der Waals surface area contributed by atoms with Crippen LogP contribution in [0.4, 0.5) is 0 Å². The monoisotopic (exact) mass is 314 g/mol. The number of nitrogens with zero attached hydrogens (tertiary/aromatic N) is 4. The maximum atomic E-state index is 11.6. The fourth-order valence-electron chi connectivity index (χ4n) is 2.06. The molecule has 0 amide bonds. The van der Waals surface area contributed by atoms with E-state index in [1.165, 1.54) is 16.0 Å². The van der Waals surface area contributed by atoms with Gasteiger partial charge in [-0.25, -0.2) is 4.68 Å². The van der Waals surface area contributed by atoms with Crippen LogP contribution < -0.4 is 0 Å². The summed E-state index contributed by atoms with van der Waals surface area (Å²) in [4.78, 5) is 12.3. The van der Waals surface area contributed by atoms with E-state index in [2.05, 4.69) is 15.5 Å². The van der Waals surface area contributed by atoms with Gasteiger partial charge in [0.25, 0.3) is 0 Å². The fraction of sp³-hybridized carbons (Fsp3) is 0.500. The van der Waals surface area contributed by atoms with E-state index in [4.69, 9.17) is 11.6 Å². The van der Waals surface area contributed by atoms with Crippen molar-refractivity contribution in [2.24, 2.45) is 5.41 Å². The number of carboxylic acid groups (broad SMARTS) is 1. The third-order valence-electron chi connectivity index (χ3n) is 3.61. The number of thiophene rings is 1. The number of carbonyl (C=O) groups is 1. The lowest BCUT2D eigenvalue weighted by Crippen LogP contribution is -2.35. The molecule has 0 atom stereocenters. The third-order valence-corrected chi connectivity index (χ3v) is 4.95. The molecule has 2 aromatic rings. The van der Waals surface area contributed by atoms with E-state index in [0.29, 0.717) is 23.7 Å². The first-order valence-electron chi connectivity index (χ1n) is 6.27. The normalized spacial score (nSPS) is 11.8. The molecule has 0 aliphatic rings. The number of carboxylic acids is 1. The van der Waals surface area contributed by atoms with Gasteiger partial charge in [0.05, 0.1) is 21.9 Å². The summed E-state index contributed by atoms with van der Waals surface area (Å²) in [6.07, 6.45) is 1.02. The molecule has 0 fully saturated rings. The summed E-state index contributed by atoms with van der Waals surface area (Å²) in [5.41, 5.74) is -0.867. The van der Waals surface area contributed by atoms with E-state index in [0.717, 1.165) is 4.88 Å². The van der Waals surface area contributed by atoms with Gasteiger partial charge in [-0.15, -0.1) is 16.4 Å². The van der Waals surface area contributed by atoms with Gasteiger partial charge < -0.3 is 5.11 Å². The highest BCUT2D eigenvalue weighted by atomic mass is 35.5. The molecule has 0 aliphatic carbocycles. The van der Waals surface area contributed by atoms with Crippen LogP contribution >= 0.6 is 22.9 Å². The van der Waals surface area contributed by atoms with Crippen molar-refractivity contribution in [2.45, 2.75) is 33.2 Å². The largest absolute Gasteiger partial charge is 0.481 e. The van der Waals surface area contributed by atoms with Crippen molar-refractivity contribution in [3.8, 4) is 10.7 Å². The predicted octanol–water partition coefficient (Wildman–Crippen LogP) is 2.95. The number of halogens is 1. The molecule has 0 aliphatic heterocycles. The van der Waals surface area contributed by atoms with Crippen molar-refractivity contribution in [1.82, 2.24) is 20.2 Å². The molecule has 6 nitrogen and oxygen atoms in total. The molecule has 2 aromatic heterocycles. The van der Waals surface area contributed by atoms with Crippen LogP contribution in [0.2, 0.25) is 5.02 Å². The summed E-state index contributed by atoms with van der Waals surface area (Å²) in [7, 11) is 0. The van der Waals surface area contributed by atoms with Crippen molar-refractivity contribution in [3.05, 3.63) is 16.5 Å². The van der Waals surface area contributed by atoms with Gasteiger partial charge in [0.2, 0.25) is 0 Å². The first-order valence-corrected chi connectivity index (χ1v) is 7.52. The second-order valence-electron chi connectivity index (χ2n) is 4.55. The van der Waals surface area contributed by atoms with E-state index >= 15 is 0 Å². The van der Waals surface area contributed by atoms with Crippen molar-refractivity contribution < 1.29 is 9.90 Å². The molecule has 0 spiro atoms. The lowest BCUT2D eigenvalue weighted by molar-refractivity contribution is -0.150. The van der Waals surface area contributed by atoms with Gasteiger partial charge >= 0.3 is 5.97 Å². The Morgan fingerprint density at radius 1 is 1.50 bits per heavy atom. The minimum atomic E-state index is -0.867. The van der Waals surface area contributed by atoms with Crippen LogP contribution in [0, 0.1) is 5.41 Å². The molecule has 0 unspecified atom stereocenters. The molecule has 108 valence electrons. The van der Waals surface area contributed by atoms with Crippen LogP contribution in [0.3, 0.4) is 0 Å². The second kappa shape index (κ2) is 5.88. The maximum absolute atomic E-state index is 11.6. The Bertz CT molecular complexity index is 606. The van der Waals surface area contributed by atoms with Crippen LogP contribution in [0.25, 0.3) is 10.7 Å². The summed E-state index contributed by atoms with van der Waals surface area (Å²) >= 11 is 7.52. The Balaban J connectivity index is 2.38. The maximum Gasteiger partial charge on any atom is 0.311 e. The van der Waals surface area contributed by atoms with E-state index in [9.17, 15) is 9.90 Å². The minimum absolute atomic E-state index is 0.228. The summed E-state index contributed by atoms with van der Waals surface area (Å²) in [5, 5.41) is 23.4. The third kappa shape index (κ3) is 2.55. The Morgan fingerprint density at radius 2 is 2.20 bits per heavy atom. The molecule has 0 bridgehead atoms. The van der Waals surface area contributed by atoms with Crippen LogP contribution in [-0.2, 0) is 11.3 Å². The lowest BCUT2D eigenvalue weighted by atomic mass is 9.82. The Morgan fingerprint density at radius 3 is 2.70 bits per heavy atom.